The van der Waals surface area contributed by atoms with Crippen molar-refractivity contribution in [1.29, 1.82) is 0 Å². The van der Waals surface area contributed by atoms with E-state index in [2.05, 4.69) is 0 Å². The lowest BCUT2D eigenvalue weighted by molar-refractivity contribution is -0.139. The van der Waals surface area contributed by atoms with Gasteiger partial charge in [-0.3, -0.25) is 4.79 Å². The van der Waals surface area contributed by atoms with Crippen LogP contribution in [0.2, 0.25) is 0 Å². The average molecular weight is 283 g/mol. The number of hydrogen-bond acceptors (Lipinski definition) is 3. The van der Waals surface area contributed by atoms with Crippen LogP contribution in [0, 0.1) is 17.3 Å². The average Bonchev–Trinajstić information content (AvgIpc) is 2.66. The molecule has 2 aliphatic rings. The van der Waals surface area contributed by atoms with E-state index >= 15 is 0 Å². The number of carbonyl (C=O) groups is 2. The molecule has 0 aromatic rings. The molecule has 1 amide bonds. The lowest BCUT2D eigenvalue weighted by Crippen LogP contribution is -2.41. The number of likely N-dealkylation sites (tertiary alicyclic amines) is 1. The Morgan fingerprint density at radius 3 is 2.35 bits per heavy atom. The van der Waals surface area contributed by atoms with Crippen LogP contribution in [0.5, 0.6) is 0 Å². The molecule has 2 fully saturated rings. The van der Waals surface area contributed by atoms with E-state index in [0.717, 1.165) is 12.8 Å². The zero-order chi connectivity index (χ0) is 15.3. The summed E-state index contributed by atoms with van der Waals surface area (Å²) in [4.78, 5) is 25.3. The van der Waals surface area contributed by atoms with Gasteiger partial charge in [0.15, 0.2) is 0 Å². The first-order valence-electron chi connectivity index (χ1n) is 7.28. The minimum absolute atomic E-state index is 0.000880. The Hall–Kier alpha value is -1.26. The van der Waals surface area contributed by atoms with Gasteiger partial charge in [0.2, 0.25) is 0 Å². The molecule has 5 nitrogen and oxygen atoms in total. The van der Waals surface area contributed by atoms with E-state index < -0.39 is 11.6 Å². The van der Waals surface area contributed by atoms with Crippen molar-refractivity contribution in [2.75, 3.05) is 6.54 Å². The van der Waals surface area contributed by atoms with E-state index in [1.807, 2.05) is 34.6 Å². The second-order valence-electron chi connectivity index (χ2n) is 7.55. The van der Waals surface area contributed by atoms with Gasteiger partial charge in [-0.2, -0.15) is 0 Å². The molecule has 0 spiro atoms. The topological polar surface area (TPSA) is 66.8 Å². The molecule has 0 bridgehead atoms. The molecule has 20 heavy (non-hydrogen) atoms. The number of aliphatic carboxylic acids is 1. The highest BCUT2D eigenvalue weighted by atomic mass is 16.6. The summed E-state index contributed by atoms with van der Waals surface area (Å²) in [5.41, 5.74) is -0.753. The van der Waals surface area contributed by atoms with Crippen LogP contribution in [-0.4, -0.2) is 40.3 Å². The lowest BCUT2D eigenvalue weighted by Gasteiger charge is -2.29. The zero-order valence-electron chi connectivity index (χ0n) is 13.0. The molecule has 1 saturated heterocycles. The first-order chi connectivity index (χ1) is 9.05. The van der Waals surface area contributed by atoms with Crippen LogP contribution >= 0.6 is 0 Å². The third kappa shape index (κ3) is 2.63. The SMILES string of the molecule is CC(C)(C)OC(=O)N1CCCC1[C@H]1[C@H](C(=O)O)C1(C)C. The van der Waals surface area contributed by atoms with Gasteiger partial charge in [-0.15, -0.1) is 0 Å². The van der Waals surface area contributed by atoms with Crippen LogP contribution in [0.4, 0.5) is 4.79 Å². The summed E-state index contributed by atoms with van der Waals surface area (Å²) >= 11 is 0. The standard InChI is InChI=1S/C15H25NO4/c1-14(2,3)20-13(19)16-8-6-7-9(16)10-11(12(17)18)15(10,4)5/h9-11H,6-8H2,1-5H3,(H,17,18)/t9?,10-,11+/m0/s1. The Morgan fingerprint density at radius 2 is 1.90 bits per heavy atom. The van der Waals surface area contributed by atoms with Crippen LogP contribution in [0.15, 0.2) is 0 Å². The summed E-state index contributed by atoms with van der Waals surface area (Å²) in [5.74, 6) is -1.07. The molecule has 1 aliphatic carbocycles. The number of carbonyl (C=O) groups excluding carboxylic acids is 1. The van der Waals surface area contributed by atoms with Crippen molar-refractivity contribution in [2.24, 2.45) is 17.3 Å². The first kappa shape index (κ1) is 15.1. The Labute approximate surface area is 120 Å². The molecule has 5 heteroatoms. The van der Waals surface area contributed by atoms with E-state index in [4.69, 9.17) is 4.74 Å². The third-order valence-electron chi connectivity index (χ3n) is 4.52. The number of rotatable bonds is 2. The Bertz CT molecular complexity index is 424. The van der Waals surface area contributed by atoms with Gasteiger partial charge < -0.3 is 14.7 Å². The quantitative estimate of drug-likeness (QED) is 0.846. The molecule has 0 radical (unpaired) electrons. The summed E-state index contributed by atoms with van der Waals surface area (Å²) in [6.07, 6.45) is 1.48. The number of amides is 1. The third-order valence-corrected chi connectivity index (χ3v) is 4.52. The monoisotopic (exact) mass is 283 g/mol. The van der Waals surface area contributed by atoms with Crippen molar-refractivity contribution < 1.29 is 19.4 Å². The molecule has 1 N–H and O–H groups in total. The van der Waals surface area contributed by atoms with Gasteiger partial charge in [-0.05, 0) is 44.9 Å². The van der Waals surface area contributed by atoms with Crippen molar-refractivity contribution in [2.45, 2.75) is 59.1 Å². The predicted octanol–water partition coefficient (Wildman–Crippen LogP) is 2.74. The molecule has 1 heterocycles. The van der Waals surface area contributed by atoms with E-state index in [9.17, 15) is 14.7 Å². The van der Waals surface area contributed by atoms with Gasteiger partial charge in [0.1, 0.15) is 5.60 Å². The molecule has 0 aromatic heterocycles. The fourth-order valence-corrected chi connectivity index (χ4v) is 3.58. The molecule has 2 rings (SSSR count). The van der Waals surface area contributed by atoms with Gasteiger partial charge in [0, 0.05) is 12.6 Å². The van der Waals surface area contributed by atoms with Gasteiger partial charge in [-0.25, -0.2) is 4.79 Å². The van der Waals surface area contributed by atoms with Crippen molar-refractivity contribution in [1.82, 2.24) is 4.90 Å². The van der Waals surface area contributed by atoms with Crippen LogP contribution in [-0.2, 0) is 9.53 Å². The van der Waals surface area contributed by atoms with E-state index in [1.54, 1.807) is 4.90 Å². The first-order valence-corrected chi connectivity index (χ1v) is 7.28. The zero-order valence-corrected chi connectivity index (χ0v) is 13.0. The highest BCUT2D eigenvalue weighted by Gasteiger charge is 2.66. The predicted molar refractivity (Wildman–Crippen MR) is 74.4 cm³/mol. The van der Waals surface area contributed by atoms with E-state index in [1.165, 1.54) is 0 Å². The molecule has 0 aromatic carbocycles. The highest BCUT2D eigenvalue weighted by molar-refractivity contribution is 5.76. The van der Waals surface area contributed by atoms with Crippen molar-refractivity contribution in [3.63, 3.8) is 0 Å². The second-order valence-corrected chi connectivity index (χ2v) is 7.55. The number of hydrogen-bond donors (Lipinski definition) is 1. The fourth-order valence-electron chi connectivity index (χ4n) is 3.58. The van der Waals surface area contributed by atoms with Crippen LogP contribution in [0.25, 0.3) is 0 Å². The van der Waals surface area contributed by atoms with Gasteiger partial charge >= 0.3 is 12.1 Å². The maximum Gasteiger partial charge on any atom is 0.410 e. The van der Waals surface area contributed by atoms with E-state index in [0.29, 0.717) is 6.54 Å². The van der Waals surface area contributed by atoms with Crippen LogP contribution in [0.3, 0.4) is 0 Å². The Kier molecular flexibility index (Phi) is 3.51. The van der Waals surface area contributed by atoms with E-state index in [-0.39, 0.29) is 29.4 Å². The summed E-state index contributed by atoms with van der Waals surface area (Å²) in [7, 11) is 0. The molecule has 1 unspecified atom stereocenters. The van der Waals surface area contributed by atoms with Crippen molar-refractivity contribution in [3.8, 4) is 0 Å². The summed E-state index contributed by atoms with van der Waals surface area (Å²) in [5, 5.41) is 9.30. The second kappa shape index (κ2) is 4.64. The summed E-state index contributed by atoms with van der Waals surface area (Å²) in [6, 6.07) is 0.000880. The molecule has 114 valence electrons. The largest absolute Gasteiger partial charge is 0.481 e. The summed E-state index contributed by atoms with van der Waals surface area (Å²) < 4.78 is 5.43. The van der Waals surface area contributed by atoms with Gasteiger partial charge in [0.25, 0.3) is 0 Å². The van der Waals surface area contributed by atoms with Crippen LogP contribution in [0.1, 0.15) is 47.5 Å². The number of carboxylic acids is 1. The smallest absolute Gasteiger partial charge is 0.410 e. The molecular weight excluding hydrogens is 258 g/mol. The van der Waals surface area contributed by atoms with Crippen LogP contribution < -0.4 is 0 Å². The minimum Gasteiger partial charge on any atom is -0.481 e. The molecule has 3 atom stereocenters. The maximum atomic E-state index is 12.2. The highest BCUT2D eigenvalue weighted by Crippen LogP contribution is 2.62. The lowest BCUT2D eigenvalue weighted by atomic mass is 10.0. The molecule has 1 saturated carbocycles. The molecular formula is C15H25NO4. The number of nitrogens with zero attached hydrogens (tertiary/aromatic N) is 1. The van der Waals surface area contributed by atoms with Gasteiger partial charge in [0.05, 0.1) is 5.92 Å². The molecule has 1 aliphatic heterocycles. The Balaban J connectivity index is 2.09. The number of carboxylic acid groups (broad SMARTS) is 1. The fraction of sp³-hybridized carbons (Fsp3) is 0.867. The van der Waals surface area contributed by atoms with Crippen molar-refractivity contribution >= 4 is 12.1 Å². The Morgan fingerprint density at radius 1 is 1.30 bits per heavy atom. The van der Waals surface area contributed by atoms with Gasteiger partial charge in [-0.1, -0.05) is 13.8 Å². The van der Waals surface area contributed by atoms with Crippen molar-refractivity contribution in [3.05, 3.63) is 0 Å². The normalized spacial score (nSPS) is 32.0. The minimum atomic E-state index is -0.754. The summed E-state index contributed by atoms with van der Waals surface area (Å²) in [6.45, 7) is 10.1. The number of ether oxygens (including phenoxy) is 1. The maximum absolute atomic E-state index is 12.2.